The molecule has 0 aliphatic rings. The van der Waals surface area contributed by atoms with Gasteiger partial charge in [-0.1, -0.05) is 12.1 Å². The highest BCUT2D eigenvalue weighted by molar-refractivity contribution is 14.0. The first kappa shape index (κ1) is 20.6. The predicted octanol–water partition coefficient (Wildman–Crippen LogP) is 1.93. The van der Waals surface area contributed by atoms with Crippen molar-refractivity contribution < 1.29 is 9.18 Å². The van der Waals surface area contributed by atoms with E-state index in [0.29, 0.717) is 25.5 Å². The van der Waals surface area contributed by atoms with Gasteiger partial charge in [0.1, 0.15) is 5.82 Å². The van der Waals surface area contributed by atoms with Crippen LogP contribution in [0.1, 0.15) is 12.0 Å². The molecule has 1 aromatic carbocycles. The summed E-state index contributed by atoms with van der Waals surface area (Å²) in [5.74, 6) is 0.483. The first-order valence-electron chi connectivity index (χ1n) is 6.80. The number of hydrogen-bond acceptors (Lipinski definition) is 2. The van der Waals surface area contributed by atoms with Gasteiger partial charge in [-0.05, 0) is 17.7 Å². The smallest absolute Gasteiger partial charge is 0.223 e. The number of nitrogens with zero attached hydrogens (tertiary/aromatic N) is 3. The van der Waals surface area contributed by atoms with E-state index < -0.39 is 0 Å². The Kier molecular flexibility index (Phi) is 9.71. The maximum absolute atomic E-state index is 13.2. The molecule has 0 unspecified atom stereocenters. The molecule has 1 aromatic rings. The standard InChI is InChI=1S/C15H23FN4O.HI/c1-17-15(18-9-8-14(21)19(2)3)20(4)11-12-6-5-7-13(16)10-12;/h5-7,10H,8-9,11H2,1-4H3,(H,17,18);1H. The minimum absolute atomic E-state index is 0. The topological polar surface area (TPSA) is 47.9 Å². The van der Waals surface area contributed by atoms with Crippen molar-refractivity contribution in [1.29, 1.82) is 0 Å². The van der Waals surface area contributed by atoms with Gasteiger partial charge in [0.25, 0.3) is 0 Å². The summed E-state index contributed by atoms with van der Waals surface area (Å²) in [6.07, 6.45) is 0.403. The number of aliphatic imine (C=N–C) groups is 1. The van der Waals surface area contributed by atoms with E-state index in [1.54, 1.807) is 32.1 Å². The Hall–Kier alpha value is -1.38. The van der Waals surface area contributed by atoms with Gasteiger partial charge in [-0.3, -0.25) is 9.79 Å². The van der Waals surface area contributed by atoms with E-state index >= 15 is 0 Å². The molecule has 0 saturated heterocycles. The van der Waals surface area contributed by atoms with Gasteiger partial charge in [-0.2, -0.15) is 0 Å². The fourth-order valence-electron chi connectivity index (χ4n) is 1.87. The highest BCUT2D eigenvalue weighted by Gasteiger charge is 2.08. The van der Waals surface area contributed by atoms with Crippen LogP contribution in [0, 0.1) is 5.82 Å². The van der Waals surface area contributed by atoms with Gasteiger partial charge in [0.2, 0.25) is 5.91 Å². The lowest BCUT2D eigenvalue weighted by Crippen LogP contribution is -2.40. The lowest BCUT2D eigenvalue weighted by molar-refractivity contribution is -0.128. The van der Waals surface area contributed by atoms with Crippen LogP contribution in [0.4, 0.5) is 4.39 Å². The van der Waals surface area contributed by atoms with E-state index in [1.165, 1.54) is 12.1 Å². The second-order valence-electron chi connectivity index (χ2n) is 5.00. The SMILES string of the molecule is CN=C(NCCC(=O)N(C)C)N(C)Cc1cccc(F)c1.I. The van der Waals surface area contributed by atoms with Crippen LogP contribution in [0.3, 0.4) is 0 Å². The van der Waals surface area contributed by atoms with Crippen LogP contribution in [-0.2, 0) is 11.3 Å². The van der Waals surface area contributed by atoms with Crippen molar-refractivity contribution in [2.45, 2.75) is 13.0 Å². The Morgan fingerprint density at radius 2 is 2.00 bits per heavy atom. The minimum atomic E-state index is -0.250. The quantitative estimate of drug-likeness (QED) is 0.448. The molecule has 1 rings (SSSR count). The van der Waals surface area contributed by atoms with Crippen LogP contribution in [0.5, 0.6) is 0 Å². The van der Waals surface area contributed by atoms with E-state index in [9.17, 15) is 9.18 Å². The molecule has 0 aliphatic heterocycles. The average Bonchev–Trinajstić information content (AvgIpc) is 2.43. The lowest BCUT2D eigenvalue weighted by atomic mass is 10.2. The largest absolute Gasteiger partial charge is 0.356 e. The fraction of sp³-hybridized carbons (Fsp3) is 0.467. The summed E-state index contributed by atoms with van der Waals surface area (Å²) in [6, 6.07) is 6.47. The maximum atomic E-state index is 13.2. The number of nitrogens with one attached hydrogen (secondary N) is 1. The molecule has 0 heterocycles. The summed E-state index contributed by atoms with van der Waals surface area (Å²) in [6.45, 7) is 1.05. The molecule has 0 bridgehead atoms. The highest BCUT2D eigenvalue weighted by Crippen LogP contribution is 2.06. The monoisotopic (exact) mass is 422 g/mol. The van der Waals surface area contributed by atoms with Crippen LogP contribution in [0.25, 0.3) is 0 Å². The van der Waals surface area contributed by atoms with Crippen molar-refractivity contribution in [2.75, 3.05) is 34.7 Å². The number of hydrogen-bond donors (Lipinski definition) is 1. The lowest BCUT2D eigenvalue weighted by Gasteiger charge is -2.22. The predicted molar refractivity (Wildman–Crippen MR) is 98.0 cm³/mol. The van der Waals surface area contributed by atoms with Gasteiger partial charge in [-0.25, -0.2) is 4.39 Å². The number of carbonyl (C=O) groups excluding carboxylic acids is 1. The van der Waals surface area contributed by atoms with Gasteiger partial charge in [0, 0.05) is 47.7 Å². The molecule has 0 saturated carbocycles. The Bertz CT molecular complexity index is 508. The molecule has 7 heteroatoms. The zero-order chi connectivity index (χ0) is 15.8. The van der Waals surface area contributed by atoms with Crippen LogP contribution in [0.15, 0.2) is 29.3 Å². The fourth-order valence-corrected chi connectivity index (χ4v) is 1.87. The van der Waals surface area contributed by atoms with Gasteiger partial charge >= 0.3 is 0 Å². The second kappa shape index (κ2) is 10.4. The summed E-state index contributed by atoms with van der Waals surface area (Å²) in [5, 5.41) is 3.12. The zero-order valence-corrected chi connectivity index (χ0v) is 15.8. The van der Waals surface area contributed by atoms with Crippen LogP contribution >= 0.6 is 24.0 Å². The van der Waals surface area contributed by atoms with Crippen molar-refractivity contribution >= 4 is 35.8 Å². The summed E-state index contributed by atoms with van der Waals surface area (Å²) >= 11 is 0. The third-order valence-electron chi connectivity index (χ3n) is 3.00. The van der Waals surface area contributed by atoms with Gasteiger partial charge in [0.05, 0.1) is 0 Å². The maximum Gasteiger partial charge on any atom is 0.223 e. The molecular weight excluding hydrogens is 398 g/mol. The molecule has 1 N–H and O–H groups in total. The molecular formula is C15H24FIN4O. The number of benzene rings is 1. The first-order chi connectivity index (χ1) is 9.93. The highest BCUT2D eigenvalue weighted by atomic mass is 127. The van der Waals surface area contributed by atoms with Crippen LogP contribution in [-0.4, -0.2) is 56.4 Å². The molecule has 22 heavy (non-hydrogen) atoms. The number of carbonyl (C=O) groups is 1. The number of guanidine groups is 1. The second-order valence-corrected chi connectivity index (χ2v) is 5.00. The van der Waals surface area contributed by atoms with Crippen molar-refractivity contribution in [3.63, 3.8) is 0 Å². The molecule has 0 atom stereocenters. The van der Waals surface area contributed by atoms with Gasteiger partial charge in [0.15, 0.2) is 5.96 Å². The van der Waals surface area contributed by atoms with Crippen molar-refractivity contribution in [3.05, 3.63) is 35.6 Å². The summed E-state index contributed by atoms with van der Waals surface area (Å²) in [4.78, 5) is 19.1. The Balaban J connectivity index is 0.00000441. The van der Waals surface area contributed by atoms with Crippen LogP contribution < -0.4 is 5.32 Å². The summed E-state index contributed by atoms with van der Waals surface area (Å²) < 4.78 is 13.2. The molecule has 1 amide bonds. The average molecular weight is 422 g/mol. The first-order valence-corrected chi connectivity index (χ1v) is 6.80. The summed E-state index contributed by atoms with van der Waals surface area (Å²) in [7, 11) is 7.01. The molecule has 0 fully saturated rings. The van der Waals surface area contributed by atoms with E-state index in [2.05, 4.69) is 10.3 Å². The molecule has 0 radical (unpaired) electrons. The number of amides is 1. The summed E-state index contributed by atoms with van der Waals surface area (Å²) in [5.41, 5.74) is 0.866. The Labute approximate surface area is 148 Å². The van der Waals surface area contributed by atoms with E-state index in [0.717, 1.165) is 5.56 Å². The minimum Gasteiger partial charge on any atom is -0.356 e. The van der Waals surface area contributed by atoms with Crippen LogP contribution in [0.2, 0.25) is 0 Å². The normalized spacial score (nSPS) is 10.7. The van der Waals surface area contributed by atoms with E-state index in [-0.39, 0.29) is 35.7 Å². The Morgan fingerprint density at radius 1 is 1.32 bits per heavy atom. The third-order valence-corrected chi connectivity index (χ3v) is 3.00. The molecule has 0 aliphatic carbocycles. The van der Waals surface area contributed by atoms with Crippen molar-refractivity contribution in [3.8, 4) is 0 Å². The van der Waals surface area contributed by atoms with Gasteiger partial charge in [-0.15, -0.1) is 24.0 Å². The molecule has 5 nitrogen and oxygen atoms in total. The number of rotatable bonds is 5. The van der Waals surface area contributed by atoms with E-state index in [4.69, 9.17) is 0 Å². The molecule has 124 valence electrons. The molecule has 0 aromatic heterocycles. The Morgan fingerprint density at radius 3 is 2.55 bits per heavy atom. The van der Waals surface area contributed by atoms with E-state index in [1.807, 2.05) is 18.0 Å². The molecule has 0 spiro atoms. The van der Waals surface area contributed by atoms with Crippen molar-refractivity contribution in [2.24, 2.45) is 4.99 Å². The van der Waals surface area contributed by atoms with Gasteiger partial charge < -0.3 is 15.1 Å². The van der Waals surface area contributed by atoms with Crippen molar-refractivity contribution in [1.82, 2.24) is 15.1 Å². The number of halogens is 2. The zero-order valence-electron chi connectivity index (χ0n) is 13.5. The third kappa shape index (κ3) is 7.06.